The lowest BCUT2D eigenvalue weighted by Crippen LogP contribution is -2.38. The van der Waals surface area contributed by atoms with E-state index in [4.69, 9.17) is 9.97 Å². The third-order valence-corrected chi connectivity index (χ3v) is 6.57. The van der Waals surface area contributed by atoms with E-state index in [0.29, 0.717) is 12.0 Å². The number of benzene rings is 2. The summed E-state index contributed by atoms with van der Waals surface area (Å²) < 4.78 is 2.13. The Morgan fingerprint density at radius 1 is 1.06 bits per heavy atom. The van der Waals surface area contributed by atoms with Crippen molar-refractivity contribution < 1.29 is 0 Å². The first-order valence-electron chi connectivity index (χ1n) is 10.6. The first kappa shape index (κ1) is 18.5. The number of hydrogen-bond acceptors (Lipinski definition) is 6. The minimum Gasteiger partial charge on any atom is -0.350 e. The highest BCUT2D eigenvalue weighted by Gasteiger charge is 2.20. The van der Waals surface area contributed by atoms with Gasteiger partial charge in [-0.2, -0.15) is 0 Å². The Bertz CT molecular complexity index is 1370. The van der Waals surface area contributed by atoms with Crippen molar-refractivity contribution in [1.82, 2.24) is 24.7 Å². The molecule has 7 heteroatoms. The van der Waals surface area contributed by atoms with Crippen molar-refractivity contribution in [3.63, 3.8) is 0 Å². The molecule has 4 heterocycles. The number of anilines is 1. The van der Waals surface area contributed by atoms with Crippen LogP contribution in [0.2, 0.25) is 0 Å². The molecule has 1 atom stereocenters. The number of nitrogens with one attached hydrogen (secondary N) is 2. The maximum Gasteiger partial charge on any atom is 0.223 e. The van der Waals surface area contributed by atoms with Crippen LogP contribution in [0.25, 0.3) is 38.4 Å². The Morgan fingerprint density at radius 2 is 2.00 bits per heavy atom. The molecule has 0 bridgehead atoms. The van der Waals surface area contributed by atoms with E-state index in [1.54, 1.807) is 11.3 Å². The van der Waals surface area contributed by atoms with E-state index >= 15 is 0 Å². The molecule has 6 nitrogen and oxygen atoms in total. The molecule has 1 unspecified atom stereocenters. The monoisotopic (exact) mass is 426 g/mol. The Kier molecular flexibility index (Phi) is 4.62. The Hall–Kier alpha value is -3.29. The maximum absolute atomic E-state index is 4.96. The van der Waals surface area contributed by atoms with Gasteiger partial charge < -0.3 is 10.6 Å². The molecule has 2 N–H and O–H groups in total. The van der Waals surface area contributed by atoms with E-state index in [1.165, 1.54) is 17.2 Å². The highest BCUT2D eigenvalue weighted by Crippen LogP contribution is 2.35. The summed E-state index contributed by atoms with van der Waals surface area (Å²) in [6.07, 6.45) is 6.19. The molecule has 1 saturated heterocycles. The molecular weight excluding hydrogens is 404 g/mol. The fraction of sp³-hybridized carbons (Fsp3) is 0.208. The molecular formula is C24H22N6S. The zero-order chi connectivity index (χ0) is 20.6. The van der Waals surface area contributed by atoms with Crippen LogP contribution < -0.4 is 10.6 Å². The van der Waals surface area contributed by atoms with Crippen LogP contribution in [-0.2, 0) is 0 Å². The summed E-state index contributed by atoms with van der Waals surface area (Å²) in [4.78, 5) is 15.3. The van der Waals surface area contributed by atoms with Gasteiger partial charge in [0.15, 0.2) is 4.96 Å². The first-order chi connectivity index (χ1) is 15.3. The lowest BCUT2D eigenvalue weighted by atomic mass is 10.0. The van der Waals surface area contributed by atoms with Crippen LogP contribution in [0.15, 0.2) is 66.3 Å². The highest BCUT2D eigenvalue weighted by atomic mass is 32.1. The molecule has 0 radical (unpaired) electrons. The normalized spacial score (nSPS) is 16.7. The fourth-order valence-electron chi connectivity index (χ4n) is 4.29. The van der Waals surface area contributed by atoms with Crippen LogP contribution in [0, 0.1) is 0 Å². The van der Waals surface area contributed by atoms with Crippen molar-refractivity contribution >= 4 is 33.0 Å². The number of rotatable bonds is 4. The number of hydrogen-bond donors (Lipinski definition) is 2. The van der Waals surface area contributed by atoms with Gasteiger partial charge in [0.25, 0.3) is 0 Å². The molecule has 154 valence electrons. The van der Waals surface area contributed by atoms with Crippen molar-refractivity contribution in [2.75, 3.05) is 18.4 Å². The van der Waals surface area contributed by atoms with Gasteiger partial charge in [0.2, 0.25) is 5.95 Å². The quantitative estimate of drug-likeness (QED) is 0.431. The van der Waals surface area contributed by atoms with E-state index in [9.17, 15) is 0 Å². The smallest absolute Gasteiger partial charge is 0.223 e. The van der Waals surface area contributed by atoms with E-state index in [-0.39, 0.29) is 0 Å². The number of aromatic nitrogens is 4. The standard InChI is InChI=1S/C24H22N6S/c1-2-5-17-14-18(8-7-16(17)4-1)21-22(30-12-13-31-24(30)29-21)20-9-11-26-23(28-20)27-19-6-3-10-25-15-19/h1-2,4-5,7-9,11-14,19,25H,3,6,10,15H2,(H,26,27,28). The van der Waals surface area contributed by atoms with Crippen molar-refractivity contribution in [3.8, 4) is 22.6 Å². The van der Waals surface area contributed by atoms with Crippen LogP contribution in [0.1, 0.15) is 12.8 Å². The summed E-state index contributed by atoms with van der Waals surface area (Å²) in [5.41, 5.74) is 3.91. The van der Waals surface area contributed by atoms with Crippen molar-refractivity contribution in [3.05, 3.63) is 66.3 Å². The molecule has 6 rings (SSSR count). The largest absolute Gasteiger partial charge is 0.350 e. The van der Waals surface area contributed by atoms with Gasteiger partial charge in [-0.25, -0.2) is 15.0 Å². The summed E-state index contributed by atoms with van der Waals surface area (Å²) in [5.74, 6) is 0.667. The van der Waals surface area contributed by atoms with Crippen molar-refractivity contribution in [2.45, 2.75) is 18.9 Å². The molecule has 1 aliphatic rings. The average molecular weight is 427 g/mol. The lowest BCUT2D eigenvalue weighted by Gasteiger charge is -2.23. The molecule has 31 heavy (non-hydrogen) atoms. The molecule has 3 aromatic heterocycles. The minimum atomic E-state index is 0.357. The third-order valence-electron chi connectivity index (χ3n) is 5.81. The van der Waals surface area contributed by atoms with Crippen LogP contribution in [-0.4, -0.2) is 38.5 Å². The molecule has 0 saturated carbocycles. The summed E-state index contributed by atoms with van der Waals surface area (Å²) in [6.45, 7) is 2.03. The molecule has 0 aliphatic carbocycles. The van der Waals surface area contributed by atoms with E-state index in [1.807, 2.05) is 12.3 Å². The van der Waals surface area contributed by atoms with Crippen LogP contribution >= 0.6 is 11.3 Å². The van der Waals surface area contributed by atoms with Gasteiger partial charge in [0, 0.05) is 35.9 Å². The molecule has 0 spiro atoms. The van der Waals surface area contributed by atoms with Crippen LogP contribution in [0.5, 0.6) is 0 Å². The molecule has 0 amide bonds. The number of fused-ring (bicyclic) bond motifs is 2. The maximum atomic E-state index is 4.96. The van der Waals surface area contributed by atoms with Gasteiger partial charge in [-0.3, -0.25) is 4.40 Å². The van der Waals surface area contributed by atoms with Crippen molar-refractivity contribution in [1.29, 1.82) is 0 Å². The van der Waals surface area contributed by atoms with Crippen LogP contribution in [0.4, 0.5) is 5.95 Å². The lowest BCUT2D eigenvalue weighted by molar-refractivity contribution is 0.478. The number of imidazole rings is 1. The van der Waals surface area contributed by atoms with Crippen LogP contribution in [0.3, 0.4) is 0 Å². The Labute approximate surface area is 184 Å². The van der Waals surface area contributed by atoms with E-state index < -0.39 is 0 Å². The second-order valence-electron chi connectivity index (χ2n) is 7.88. The summed E-state index contributed by atoms with van der Waals surface area (Å²) in [5, 5.41) is 11.4. The zero-order valence-corrected chi connectivity index (χ0v) is 17.8. The Morgan fingerprint density at radius 3 is 2.90 bits per heavy atom. The van der Waals surface area contributed by atoms with Gasteiger partial charge in [-0.1, -0.05) is 36.4 Å². The second kappa shape index (κ2) is 7.76. The van der Waals surface area contributed by atoms with Gasteiger partial charge in [-0.15, -0.1) is 11.3 Å². The van der Waals surface area contributed by atoms with Gasteiger partial charge in [-0.05, 0) is 42.3 Å². The molecule has 5 aromatic rings. The topological polar surface area (TPSA) is 67.1 Å². The molecule has 1 fully saturated rings. The van der Waals surface area contributed by atoms with E-state index in [2.05, 4.69) is 74.1 Å². The van der Waals surface area contributed by atoms with Crippen molar-refractivity contribution in [2.24, 2.45) is 0 Å². The van der Waals surface area contributed by atoms with Gasteiger partial charge >= 0.3 is 0 Å². The predicted octanol–water partition coefficient (Wildman–Crippen LogP) is 4.84. The summed E-state index contributed by atoms with van der Waals surface area (Å²) in [7, 11) is 0. The first-order valence-corrected chi connectivity index (χ1v) is 11.5. The predicted molar refractivity (Wildman–Crippen MR) is 127 cm³/mol. The molecule has 2 aromatic carbocycles. The minimum absolute atomic E-state index is 0.357. The van der Waals surface area contributed by atoms with Gasteiger partial charge in [0.1, 0.15) is 5.69 Å². The number of thiazole rings is 1. The Balaban J connectivity index is 1.45. The summed E-state index contributed by atoms with van der Waals surface area (Å²) >= 11 is 1.63. The third kappa shape index (κ3) is 3.45. The second-order valence-corrected chi connectivity index (χ2v) is 8.75. The molecule has 1 aliphatic heterocycles. The summed E-state index contributed by atoms with van der Waals surface area (Å²) in [6, 6.07) is 17.2. The zero-order valence-electron chi connectivity index (χ0n) is 17.0. The number of nitrogens with zero attached hydrogens (tertiary/aromatic N) is 4. The fourth-order valence-corrected chi connectivity index (χ4v) is 5.00. The highest BCUT2D eigenvalue weighted by molar-refractivity contribution is 7.15. The SMILES string of the molecule is c1ccc2cc(-c3nc4sccn4c3-c3ccnc(NC4CCCNC4)n3)ccc2c1. The average Bonchev–Trinajstić information content (AvgIpc) is 3.41. The van der Waals surface area contributed by atoms with E-state index in [0.717, 1.165) is 47.1 Å². The van der Waals surface area contributed by atoms with Gasteiger partial charge in [0.05, 0.1) is 11.4 Å². The number of piperidine rings is 1.